The molecule has 0 aliphatic heterocycles. The molecule has 2 unspecified atom stereocenters. The number of rotatable bonds is 12. The molecule has 3 N–H and O–H groups in total. The summed E-state index contributed by atoms with van der Waals surface area (Å²) in [6, 6.07) is 0. The van der Waals surface area contributed by atoms with Gasteiger partial charge in [-0.3, -0.25) is 4.79 Å². The molecule has 0 amide bonds. The Morgan fingerprint density at radius 2 is 1.73 bits per heavy atom. The van der Waals surface area contributed by atoms with Gasteiger partial charge in [-0.2, -0.15) is 0 Å². The lowest BCUT2D eigenvalue weighted by Gasteiger charge is -2.23. The van der Waals surface area contributed by atoms with Crippen LogP contribution in [-0.4, -0.2) is 28.3 Å². The first-order chi connectivity index (χ1) is 10.6. The number of nitrogens with one attached hydrogen (secondary N) is 1. The van der Waals surface area contributed by atoms with Crippen molar-refractivity contribution in [3.05, 3.63) is 11.8 Å². The maximum Gasteiger partial charge on any atom is 0.167 e. The van der Waals surface area contributed by atoms with Crippen LogP contribution in [0.15, 0.2) is 11.8 Å². The van der Waals surface area contributed by atoms with E-state index in [1.807, 2.05) is 6.08 Å². The number of allylic oxidation sites excluding steroid dienone is 1. The van der Waals surface area contributed by atoms with Gasteiger partial charge in [-0.15, -0.1) is 0 Å². The number of hydrogen-bond donors (Lipinski definition) is 3. The molecular formula is C18H33NO3. The molecule has 0 aromatic rings. The van der Waals surface area contributed by atoms with E-state index in [2.05, 4.69) is 12.2 Å². The first-order valence-corrected chi connectivity index (χ1v) is 9.00. The van der Waals surface area contributed by atoms with Crippen molar-refractivity contribution >= 4 is 5.78 Å². The van der Waals surface area contributed by atoms with E-state index in [0.717, 1.165) is 12.8 Å². The highest BCUT2D eigenvalue weighted by molar-refractivity contribution is 5.86. The summed E-state index contributed by atoms with van der Waals surface area (Å²) >= 11 is 0. The molecule has 1 aliphatic rings. The fourth-order valence-corrected chi connectivity index (χ4v) is 2.84. The molecule has 22 heavy (non-hydrogen) atoms. The van der Waals surface area contributed by atoms with Gasteiger partial charge in [0.25, 0.3) is 0 Å². The van der Waals surface area contributed by atoms with E-state index < -0.39 is 12.3 Å². The Labute approximate surface area is 135 Å². The number of ketones is 1. The van der Waals surface area contributed by atoms with Crippen LogP contribution in [0.2, 0.25) is 0 Å². The third-order valence-electron chi connectivity index (χ3n) is 4.27. The second-order valence-electron chi connectivity index (χ2n) is 6.34. The molecule has 0 aromatic carbocycles. The lowest BCUT2D eigenvalue weighted by molar-refractivity contribution is -0.126. The topological polar surface area (TPSA) is 69.6 Å². The predicted octanol–water partition coefficient (Wildman–Crippen LogP) is 3.42. The maximum atomic E-state index is 11.4. The van der Waals surface area contributed by atoms with Crippen LogP contribution in [0.5, 0.6) is 0 Å². The van der Waals surface area contributed by atoms with Crippen molar-refractivity contribution in [3.63, 3.8) is 0 Å². The number of Topliss-reactive ketones (excluding diaryl/α,β-unsaturated/α-hetero) is 1. The molecule has 0 saturated heterocycles. The van der Waals surface area contributed by atoms with Gasteiger partial charge in [0.2, 0.25) is 0 Å². The zero-order valence-corrected chi connectivity index (χ0v) is 14.0. The summed E-state index contributed by atoms with van der Waals surface area (Å²) in [4.78, 5) is 11.4. The predicted molar refractivity (Wildman–Crippen MR) is 89.3 cm³/mol. The summed E-state index contributed by atoms with van der Waals surface area (Å²) in [7, 11) is 0. The van der Waals surface area contributed by atoms with Gasteiger partial charge in [-0.1, -0.05) is 64.4 Å². The number of hydrogen-bond acceptors (Lipinski definition) is 4. The normalized spacial score (nSPS) is 19.9. The fourth-order valence-electron chi connectivity index (χ4n) is 2.84. The van der Waals surface area contributed by atoms with Crippen LogP contribution in [0.4, 0.5) is 0 Å². The van der Waals surface area contributed by atoms with Crippen LogP contribution in [0.1, 0.15) is 84.0 Å². The largest absolute Gasteiger partial charge is 0.379 e. The maximum absolute atomic E-state index is 11.4. The van der Waals surface area contributed by atoms with Gasteiger partial charge in [0.05, 0.1) is 0 Å². The lowest BCUT2D eigenvalue weighted by Crippen LogP contribution is -2.38. The van der Waals surface area contributed by atoms with Gasteiger partial charge in [-0.25, -0.2) is 0 Å². The van der Waals surface area contributed by atoms with Crippen LogP contribution < -0.4 is 5.32 Å². The molecule has 0 bridgehead atoms. The quantitative estimate of drug-likeness (QED) is 0.381. The molecule has 4 nitrogen and oxygen atoms in total. The molecule has 1 rings (SSSR count). The van der Waals surface area contributed by atoms with E-state index in [-0.39, 0.29) is 5.78 Å². The lowest BCUT2D eigenvalue weighted by atomic mass is 10.00. The zero-order chi connectivity index (χ0) is 16.2. The van der Waals surface area contributed by atoms with Crippen molar-refractivity contribution in [2.45, 2.75) is 96.3 Å². The van der Waals surface area contributed by atoms with E-state index in [1.165, 1.54) is 44.9 Å². The molecular weight excluding hydrogens is 278 g/mol. The van der Waals surface area contributed by atoms with Crippen molar-refractivity contribution < 1.29 is 15.0 Å². The van der Waals surface area contributed by atoms with E-state index in [4.69, 9.17) is 0 Å². The van der Waals surface area contributed by atoms with E-state index in [0.29, 0.717) is 25.0 Å². The second kappa shape index (κ2) is 11.7. The number of aliphatic hydroxyl groups is 2. The minimum Gasteiger partial charge on any atom is -0.379 e. The summed E-state index contributed by atoms with van der Waals surface area (Å²) < 4.78 is 0. The highest BCUT2D eigenvalue weighted by Gasteiger charge is 2.24. The molecule has 0 saturated carbocycles. The third-order valence-corrected chi connectivity index (χ3v) is 4.27. The Bertz CT molecular complexity index is 341. The number of carbonyl (C=O) groups excluding carboxylic acids is 1. The van der Waals surface area contributed by atoms with Crippen LogP contribution >= 0.6 is 0 Å². The molecule has 128 valence electrons. The first kappa shape index (κ1) is 19.2. The average Bonchev–Trinajstić information content (AvgIpc) is 2.50. The van der Waals surface area contributed by atoms with Crippen molar-refractivity contribution in [2.24, 2.45) is 0 Å². The van der Waals surface area contributed by atoms with Crippen molar-refractivity contribution in [2.75, 3.05) is 0 Å². The number of unbranched alkanes of at least 4 members (excludes halogenated alkanes) is 8. The summed E-state index contributed by atoms with van der Waals surface area (Å²) in [6.45, 7) is 2.23. The molecule has 0 radical (unpaired) electrons. The third kappa shape index (κ3) is 7.95. The summed E-state index contributed by atoms with van der Waals surface area (Å²) in [6.07, 6.45) is 13.0. The fraction of sp³-hybridized carbons (Fsp3) is 0.833. The first-order valence-electron chi connectivity index (χ1n) is 9.00. The Kier molecular flexibility index (Phi) is 10.2. The standard InChI is InChI=1S/C18H33NO3/c1-2-3-4-5-6-7-8-9-10-14-17(21)19-15-12-11-13-16(20)18(15)22/h12,17-19,21-22H,2-11,13-14H2,1H3. The van der Waals surface area contributed by atoms with Crippen molar-refractivity contribution in [1.82, 2.24) is 5.32 Å². The molecule has 0 fully saturated rings. The number of aliphatic hydroxyl groups excluding tert-OH is 2. The molecule has 0 heterocycles. The van der Waals surface area contributed by atoms with Gasteiger partial charge in [0, 0.05) is 12.1 Å². The highest BCUT2D eigenvalue weighted by atomic mass is 16.3. The van der Waals surface area contributed by atoms with Crippen LogP contribution in [-0.2, 0) is 4.79 Å². The van der Waals surface area contributed by atoms with Crippen molar-refractivity contribution in [3.8, 4) is 0 Å². The van der Waals surface area contributed by atoms with E-state index >= 15 is 0 Å². The van der Waals surface area contributed by atoms with Gasteiger partial charge >= 0.3 is 0 Å². The molecule has 2 atom stereocenters. The monoisotopic (exact) mass is 311 g/mol. The Morgan fingerprint density at radius 3 is 2.36 bits per heavy atom. The van der Waals surface area contributed by atoms with Crippen LogP contribution in [0, 0.1) is 0 Å². The summed E-state index contributed by atoms with van der Waals surface area (Å²) in [5.74, 6) is -0.166. The summed E-state index contributed by atoms with van der Waals surface area (Å²) in [5, 5.41) is 22.5. The molecule has 0 spiro atoms. The van der Waals surface area contributed by atoms with Crippen LogP contribution in [0.25, 0.3) is 0 Å². The zero-order valence-electron chi connectivity index (χ0n) is 14.0. The Balaban J connectivity index is 2.01. The van der Waals surface area contributed by atoms with Gasteiger partial charge in [-0.05, 0) is 19.3 Å². The van der Waals surface area contributed by atoms with E-state index in [9.17, 15) is 15.0 Å². The van der Waals surface area contributed by atoms with Crippen LogP contribution in [0.3, 0.4) is 0 Å². The van der Waals surface area contributed by atoms with Gasteiger partial charge < -0.3 is 15.5 Å². The van der Waals surface area contributed by atoms with Crippen molar-refractivity contribution in [1.29, 1.82) is 0 Å². The SMILES string of the molecule is CCCCCCCCCCCC(O)NC1=CCCC(=O)C1O. The molecule has 0 aromatic heterocycles. The van der Waals surface area contributed by atoms with Gasteiger partial charge in [0.1, 0.15) is 6.23 Å². The minimum absolute atomic E-state index is 0.166. The summed E-state index contributed by atoms with van der Waals surface area (Å²) in [5.41, 5.74) is 0.472. The van der Waals surface area contributed by atoms with Gasteiger partial charge in [0.15, 0.2) is 11.9 Å². The Hall–Kier alpha value is -0.870. The Morgan fingerprint density at radius 1 is 1.14 bits per heavy atom. The minimum atomic E-state index is -1.08. The molecule has 4 heteroatoms. The average molecular weight is 311 g/mol. The number of carbonyl (C=O) groups is 1. The molecule has 1 aliphatic carbocycles. The smallest absolute Gasteiger partial charge is 0.167 e. The highest BCUT2D eigenvalue weighted by Crippen LogP contribution is 2.15. The second-order valence-corrected chi connectivity index (χ2v) is 6.34. The van der Waals surface area contributed by atoms with E-state index in [1.54, 1.807) is 0 Å².